The number of carbonyl (C=O) groups is 1. The predicted octanol–water partition coefficient (Wildman–Crippen LogP) is 0.699. The summed E-state index contributed by atoms with van der Waals surface area (Å²) in [5.74, 6) is 0. The molecule has 0 radical (unpaired) electrons. The molecule has 3 heteroatoms. The number of hydrogen-bond acceptors (Lipinski definition) is 2. The molecule has 1 N–H and O–H groups in total. The van der Waals surface area contributed by atoms with Crippen LogP contribution in [0, 0.1) is 11.3 Å². The Morgan fingerprint density at radius 2 is 2.56 bits per heavy atom. The Morgan fingerprint density at radius 1 is 1.78 bits per heavy atom. The zero-order chi connectivity index (χ0) is 6.69. The highest BCUT2D eigenvalue weighted by atomic mass is 16.1. The molecule has 9 heavy (non-hydrogen) atoms. The molecule has 0 aromatic carbocycles. The summed E-state index contributed by atoms with van der Waals surface area (Å²) in [4.78, 5) is 12.7. The highest BCUT2D eigenvalue weighted by molar-refractivity contribution is 5.76. The molecule has 0 amide bonds. The van der Waals surface area contributed by atoms with E-state index in [2.05, 4.69) is 4.98 Å². The lowest BCUT2D eigenvalue weighted by molar-refractivity contribution is 0.111. The Bertz CT molecular complexity index is 256. The van der Waals surface area contributed by atoms with Gasteiger partial charge in [0.2, 0.25) is 0 Å². The fourth-order valence-corrected chi connectivity index (χ4v) is 0.577. The van der Waals surface area contributed by atoms with Crippen molar-refractivity contribution in [3.63, 3.8) is 0 Å². The van der Waals surface area contributed by atoms with Crippen LogP contribution in [0.1, 0.15) is 16.1 Å². The molecule has 0 unspecified atom stereocenters. The zero-order valence-corrected chi connectivity index (χ0v) is 4.59. The fraction of sp³-hybridized carbons (Fsp3) is 0. The number of H-pyrrole nitrogens is 1. The van der Waals surface area contributed by atoms with Crippen LogP contribution < -0.4 is 0 Å². The van der Waals surface area contributed by atoms with E-state index in [9.17, 15) is 4.79 Å². The number of nitrogens with one attached hydrogen (secondary N) is 1. The molecule has 1 rings (SSSR count). The van der Waals surface area contributed by atoms with Crippen molar-refractivity contribution in [1.82, 2.24) is 4.98 Å². The molecule has 1 aromatic heterocycles. The van der Waals surface area contributed by atoms with E-state index in [0.29, 0.717) is 17.5 Å². The number of aromatic nitrogens is 1. The van der Waals surface area contributed by atoms with Crippen LogP contribution in [0.25, 0.3) is 0 Å². The standard InChI is InChI=1S/C6H4N2O/c7-3-5-1-2-8-6(5)4-9/h1-2,4,8H. The van der Waals surface area contributed by atoms with Crippen LogP contribution in [0.5, 0.6) is 0 Å². The molecular weight excluding hydrogens is 116 g/mol. The first-order valence-corrected chi connectivity index (χ1v) is 2.41. The highest BCUT2D eigenvalue weighted by Gasteiger charge is 1.97. The van der Waals surface area contributed by atoms with Gasteiger partial charge in [0.25, 0.3) is 0 Å². The second-order valence-corrected chi connectivity index (χ2v) is 1.53. The van der Waals surface area contributed by atoms with Crippen LogP contribution >= 0.6 is 0 Å². The van der Waals surface area contributed by atoms with E-state index in [0.717, 1.165) is 0 Å². The Balaban J connectivity index is 3.17. The first kappa shape index (κ1) is 5.57. The predicted molar refractivity (Wildman–Crippen MR) is 30.9 cm³/mol. The average Bonchev–Trinajstić information content (AvgIpc) is 2.33. The van der Waals surface area contributed by atoms with Crippen LogP contribution in [0.15, 0.2) is 12.3 Å². The normalized spacial score (nSPS) is 8.33. The van der Waals surface area contributed by atoms with Crippen LogP contribution in [-0.2, 0) is 0 Å². The highest BCUT2D eigenvalue weighted by Crippen LogP contribution is 1.99. The Hall–Kier alpha value is -1.56. The van der Waals surface area contributed by atoms with Crippen molar-refractivity contribution in [2.45, 2.75) is 0 Å². The maximum absolute atomic E-state index is 10.1. The SMILES string of the molecule is N#Cc1cc[nH]c1C=O. The van der Waals surface area contributed by atoms with Crippen molar-refractivity contribution in [3.05, 3.63) is 23.5 Å². The molecule has 0 bridgehead atoms. The Labute approximate surface area is 51.9 Å². The van der Waals surface area contributed by atoms with E-state index in [4.69, 9.17) is 5.26 Å². The summed E-state index contributed by atoms with van der Waals surface area (Å²) in [5.41, 5.74) is 0.738. The van der Waals surface area contributed by atoms with Gasteiger partial charge in [-0.2, -0.15) is 5.26 Å². The van der Waals surface area contributed by atoms with Crippen molar-refractivity contribution in [3.8, 4) is 6.07 Å². The molecule has 0 aliphatic rings. The van der Waals surface area contributed by atoms with Gasteiger partial charge in [-0.1, -0.05) is 0 Å². The summed E-state index contributed by atoms with van der Waals surface area (Å²) in [6, 6.07) is 3.42. The van der Waals surface area contributed by atoms with Gasteiger partial charge in [0, 0.05) is 6.20 Å². The van der Waals surface area contributed by atoms with E-state index in [1.54, 1.807) is 12.3 Å². The average molecular weight is 120 g/mol. The quantitative estimate of drug-likeness (QED) is 0.554. The molecule has 0 aliphatic heterocycles. The summed E-state index contributed by atoms with van der Waals surface area (Å²) in [7, 11) is 0. The van der Waals surface area contributed by atoms with E-state index in [-0.39, 0.29) is 0 Å². The summed E-state index contributed by atoms with van der Waals surface area (Å²) >= 11 is 0. The molecule has 3 nitrogen and oxygen atoms in total. The Morgan fingerprint density at radius 3 is 3.00 bits per heavy atom. The lowest BCUT2D eigenvalue weighted by Gasteiger charge is -1.77. The van der Waals surface area contributed by atoms with E-state index < -0.39 is 0 Å². The summed E-state index contributed by atoms with van der Waals surface area (Å²) in [6.07, 6.45) is 2.18. The summed E-state index contributed by atoms with van der Waals surface area (Å²) < 4.78 is 0. The summed E-state index contributed by atoms with van der Waals surface area (Å²) in [5, 5.41) is 8.31. The lowest BCUT2D eigenvalue weighted by atomic mass is 10.3. The van der Waals surface area contributed by atoms with Crippen LogP contribution in [0.2, 0.25) is 0 Å². The van der Waals surface area contributed by atoms with Crippen molar-refractivity contribution in [2.75, 3.05) is 0 Å². The number of rotatable bonds is 1. The molecule has 0 atom stereocenters. The van der Waals surface area contributed by atoms with Crippen molar-refractivity contribution >= 4 is 6.29 Å². The maximum Gasteiger partial charge on any atom is 0.167 e. The van der Waals surface area contributed by atoms with E-state index in [1.807, 2.05) is 6.07 Å². The van der Waals surface area contributed by atoms with Gasteiger partial charge >= 0.3 is 0 Å². The molecule has 0 fully saturated rings. The van der Waals surface area contributed by atoms with Crippen molar-refractivity contribution in [2.24, 2.45) is 0 Å². The number of aldehydes is 1. The van der Waals surface area contributed by atoms with E-state index >= 15 is 0 Å². The smallest absolute Gasteiger partial charge is 0.167 e. The molecule has 1 heterocycles. The minimum absolute atomic E-state index is 0.345. The number of nitrogens with zero attached hydrogens (tertiary/aromatic N) is 1. The molecule has 0 aliphatic carbocycles. The van der Waals surface area contributed by atoms with Crippen LogP contribution in [0.4, 0.5) is 0 Å². The van der Waals surface area contributed by atoms with Gasteiger partial charge in [-0.25, -0.2) is 0 Å². The van der Waals surface area contributed by atoms with E-state index in [1.165, 1.54) is 0 Å². The number of aromatic amines is 1. The van der Waals surface area contributed by atoms with Gasteiger partial charge in [-0.15, -0.1) is 0 Å². The van der Waals surface area contributed by atoms with Gasteiger partial charge in [0.1, 0.15) is 6.07 Å². The molecule has 44 valence electrons. The monoisotopic (exact) mass is 120 g/mol. The second kappa shape index (κ2) is 2.14. The molecule has 0 saturated heterocycles. The molecule has 0 saturated carbocycles. The third-order valence-corrected chi connectivity index (χ3v) is 1.02. The first-order chi connectivity index (χ1) is 4.38. The van der Waals surface area contributed by atoms with Gasteiger partial charge in [0.05, 0.1) is 11.3 Å². The van der Waals surface area contributed by atoms with Crippen LogP contribution in [-0.4, -0.2) is 11.3 Å². The minimum atomic E-state index is 0.345. The first-order valence-electron chi connectivity index (χ1n) is 2.41. The molecule has 1 aromatic rings. The summed E-state index contributed by atoms with van der Waals surface area (Å²) in [6.45, 7) is 0. The largest absolute Gasteiger partial charge is 0.358 e. The third-order valence-electron chi connectivity index (χ3n) is 1.02. The lowest BCUT2D eigenvalue weighted by Crippen LogP contribution is -1.80. The molecular formula is C6H4N2O. The van der Waals surface area contributed by atoms with Gasteiger partial charge in [0.15, 0.2) is 6.29 Å². The second-order valence-electron chi connectivity index (χ2n) is 1.53. The van der Waals surface area contributed by atoms with Crippen LogP contribution in [0.3, 0.4) is 0 Å². The number of nitriles is 1. The fourth-order valence-electron chi connectivity index (χ4n) is 0.577. The number of hydrogen-bond donors (Lipinski definition) is 1. The Kier molecular flexibility index (Phi) is 1.32. The number of carbonyl (C=O) groups excluding carboxylic acids is 1. The van der Waals surface area contributed by atoms with Gasteiger partial charge < -0.3 is 4.98 Å². The van der Waals surface area contributed by atoms with Crippen molar-refractivity contribution < 1.29 is 4.79 Å². The van der Waals surface area contributed by atoms with Crippen molar-refractivity contribution in [1.29, 1.82) is 5.26 Å². The topological polar surface area (TPSA) is 56.6 Å². The van der Waals surface area contributed by atoms with Gasteiger partial charge in [-0.3, -0.25) is 4.79 Å². The zero-order valence-electron chi connectivity index (χ0n) is 4.59. The third kappa shape index (κ3) is 0.820. The molecule has 0 spiro atoms. The van der Waals surface area contributed by atoms with Gasteiger partial charge in [-0.05, 0) is 6.07 Å². The minimum Gasteiger partial charge on any atom is -0.358 e. The maximum atomic E-state index is 10.1.